The molecule has 0 amide bonds. The van der Waals surface area contributed by atoms with E-state index in [9.17, 15) is 14.5 Å². The second kappa shape index (κ2) is 6.66. The highest BCUT2D eigenvalue weighted by Crippen LogP contribution is 2.20. The zero-order valence-electron chi connectivity index (χ0n) is 13.2. The second-order valence-electron chi connectivity index (χ2n) is 5.53. The number of imidazole rings is 1. The summed E-state index contributed by atoms with van der Waals surface area (Å²) >= 11 is 0. The predicted octanol–water partition coefficient (Wildman–Crippen LogP) is 3.67. The van der Waals surface area contributed by atoms with Gasteiger partial charge < -0.3 is 9.88 Å². The van der Waals surface area contributed by atoms with Crippen molar-refractivity contribution in [2.45, 2.75) is 12.8 Å². The minimum atomic E-state index is -0.619. The van der Waals surface area contributed by atoms with E-state index < -0.39 is 10.7 Å². The van der Waals surface area contributed by atoms with E-state index in [0.29, 0.717) is 6.54 Å². The van der Waals surface area contributed by atoms with Crippen LogP contribution in [-0.2, 0) is 13.5 Å². The van der Waals surface area contributed by atoms with Crippen molar-refractivity contribution in [1.29, 1.82) is 0 Å². The number of nitrogens with zero attached hydrogens (tertiary/aromatic N) is 3. The third-order valence-electron chi connectivity index (χ3n) is 3.94. The highest BCUT2D eigenvalue weighted by molar-refractivity contribution is 5.75. The van der Waals surface area contributed by atoms with Crippen LogP contribution in [0.1, 0.15) is 12.2 Å². The lowest BCUT2D eigenvalue weighted by atomic mass is 10.2. The van der Waals surface area contributed by atoms with Crippen LogP contribution >= 0.6 is 0 Å². The first-order chi connectivity index (χ1) is 11.6. The number of nitro groups is 1. The van der Waals surface area contributed by atoms with E-state index >= 15 is 0 Å². The summed E-state index contributed by atoms with van der Waals surface area (Å²) in [7, 11) is 1.98. The number of aryl methyl sites for hydroxylation is 2. The Morgan fingerprint density at radius 1 is 1.29 bits per heavy atom. The molecule has 0 aliphatic rings. The van der Waals surface area contributed by atoms with Gasteiger partial charge in [-0.15, -0.1) is 0 Å². The normalized spacial score (nSPS) is 10.9. The average Bonchev–Trinajstić information content (AvgIpc) is 2.89. The molecule has 0 unspecified atom stereocenters. The lowest BCUT2D eigenvalue weighted by Crippen LogP contribution is -2.07. The van der Waals surface area contributed by atoms with Crippen molar-refractivity contribution >= 4 is 22.4 Å². The minimum Gasteiger partial charge on any atom is -0.383 e. The van der Waals surface area contributed by atoms with Gasteiger partial charge in [0.1, 0.15) is 5.82 Å². The summed E-state index contributed by atoms with van der Waals surface area (Å²) in [5, 5.41) is 13.6. The lowest BCUT2D eigenvalue weighted by molar-refractivity contribution is -0.385. The van der Waals surface area contributed by atoms with Crippen LogP contribution in [0, 0.1) is 15.9 Å². The van der Waals surface area contributed by atoms with Crippen LogP contribution in [0.25, 0.3) is 11.0 Å². The van der Waals surface area contributed by atoms with E-state index in [1.54, 1.807) is 0 Å². The third-order valence-corrected chi connectivity index (χ3v) is 3.94. The summed E-state index contributed by atoms with van der Waals surface area (Å²) in [5.74, 6) is 0.356. The lowest BCUT2D eigenvalue weighted by Gasteiger charge is -2.07. The van der Waals surface area contributed by atoms with E-state index in [1.807, 2.05) is 31.3 Å². The van der Waals surface area contributed by atoms with Crippen LogP contribution in [-0.4, -0.2) is 21.0 Å². The third kappa shape index (κ3) is 3.19. The van der Waals surface area contributed by atoms with Gasteiger partial charge in [0.25, 0.3) is 5.69 Å². The Hall–Kier alpha value is -2.96. The molecular weight excluding hydrogens is 311 g/mol. The number of nitro benzene ring substituents is 1. The van der Waals surface area contributed by atoms with Gasteiger partial charge in [-0.1, -0.05) is 12.1 Å². The van der Waals surface area contributed by atoms with Crippen molar-refractivity contribution in [1.82, 2.24) is 9.55 Å². The molecule has 3 rings (SSSR count). The molecule has 0 aliphatic carbocycles. The van der Waals surface area contributed by atoms with Gasteiger partial charge in [-0.2, -0.15) is 0 Å². The molecule has 1 aromatic heterocycles. The molecular formula is C17H17FN4O2. The largest absolute Gasteiger partial charge is 0.383 e. The molecule has 124 valence electrons. The molecule has 0 saturated carbocycles. The standard InChI is InChI=1S/C17H17FN4O2/c1-21-16-6-3-2-5-15(16)20-17(21)7-4-10-19-14-9-8-12(22(23)24)11-13(14)18/h2-3,5-6,8-9,11,19H,4,7,10H2,1H3. The van der Waals surface area contributed by atoms with Gasteiger partial charge in [0.05, 0.1) is 27.7 Å². The van der Waals surface area contributed by atoms with E-state index in [2.05, 4.69) is 14.9 Å². The molecule has 0 radical (unpaired) electrons. The zero-order chi connectivity index (χ0) is 17.1. The number of non-ortho nitro benzene ring substituents is 1. The van der Waals surface area contributed by atoms with Gasteiger partial charge in [-0.3, -0.25) is 10.1 Å². The maximum atomic E-state index is 13.8. The first-order valence-electron chi connectivity index (χ1n) is 7.64. The van der Waals surface area contributed by atoms with E-state index in [-0.39, 0.29) is 11.4 Å². The number of fused-ring (bicyclic) bond motifs is 1. The molecule has 2 aromatic carbocycles. The van der Waals surface area contributed by atoms with Crippen LogP contribution in [0.15, 0.2) is 42.5 Å². The van der Waals surface area contributed by atoms with Crippen molar-refractivity contribution < 1.29 is 9.31 Å². The van der Waals surface area contributed by atoms with Crippen LogP contribution in [0.2, 0.25) is 0 Å². The molecule has 0 saturated heterocycles. The van der Waals surface area contributed by atoms with Crippen LogP contribution in [0.4, 0.5) is 15.8 Å². The highest BCUT2D eigenvalue weighted by atomic mass is 19.1. The Morgan fingerprint density at radius 2 is 2.08 bits per heavy atom. The maximum absolute atomic E-state index is 13.8. The van der Waals surface area contributed by atoms with Gasteiger partial charge in [0.15, 0.2) is 5.82 Å². The van der Waals surface area contributed by atoms with Gasteiger partial charge >= 0.3 is 0 Å². The van der Waals surface area contributed by atoms with E-state index in [4.69, 9.17) is 0 Å². The molecule has 0 fully saturated rings. The average molecular weight is 328 g/mol. The van der Waals surface area contributed by atoms with Gasteiger partial charge in [-0.25, -0.2) is 9.37 Å². The number of nitrogens with one attached hydrogen (secondary N) is 1. The molecule has 0 aliphatic heterocycles. The van der Waals surface area contributed by atoms with Gasteiger partial charge in [0.2, 0.25) is 0 Å². The topological polar surface area (TPSA) is 73.0 Å². The highest BCUT2D eigenvalue weighted by Gasteiger charge is 2.11. The van der Waals surface area contributed by atoms with Crippen LogP contribution in [0.3, 0.4) is 0 Å². The predicted molar refractivity (Wildman–Crippen MR) is 90.6 cm³/mol. The molecule has 1 heterocycles. The SMILES string of the molecule is Cn1c(CCCNc2ccc([N+](=O)[O-])cc2F)nc2ccccc21. The number of hydrogen-bond acceptors (Lipinski definition) is 4. The molecule has 0 bridgehead atoms. The van der Waals surface area contributed by atoms with Gasteiger partial charge in [-0.05, 0) is 24.6 Å². The second-order valence-corrected chi connectivity index (χ2v) is 5.53. The Labute approximate surface area is 138 Å². The Balaban J connectivity index is 1.59. The fraction of sp³-hybridized carbons (Fsp3) is 0.235. The molecule has 24 heavy (non-hydrogen) atoms. The number of benzene rings is 2. The monoisotopic (exact) mass is 328 g/mol. The number of anilines is 1. The van der Waals surface area contributed by atoms with Crippen LogP contribution in [0.5, 0.6) is 0 Å². The molecule has 0 atom stereocenters. The number of para-hydroxylation sites is 2. The quantitative estimate of drug-likeness (QED) is 0.426. The summed E-state index contributed by atoms with van der Waals surface area (Å²) < 4.78 is 15.8. The van der Waals surface area contributed by atoms with Gasteiger partial charge in [0, 0.05) is 26.1 Å². The minimum absolute atomic E-state index is 0.252. The molecule has 6 nitrogen and oxygen atoms in total. The van der Waals surface area contributed by atoms with Crippen molar-refractivity contribution in [3.63, 3.8) is 0 Å². The Bertz CT molecular complexity index is 891. The van der Waals surface area contributed by atoms with Crippen molar-refractivity contribution in [3.05, 3.63) is 64.2 Å². The maximum Gasteiger partial charge on any atom is 0.272 e. The summed E-state index contributed by atoms with van der Waals surface area (Å²) in [4.78, 5) is 14.6. The number of hydrogen-bond donors (Lipinski definition) is 1. The summed E-state index contributed by atoms with van der Waals surface area (Å²) in [6, 6.07) is 11.5. The zero-order valence-corrected chi connectivity index (χ0v) is 13.2. The Morgan fingerprint density at radius 3 is 2.79 bits per heavy atom. The van der Waals surface area contributed by atoms with E-state index in [1.165, 1.54) is 12.1 Å². The first-order valence-corrected chi connectivity index (χ1v) is 7.64. The smallest absolute Gasteiger partial charge is 0.272 e. The summed E-state index contributed by atoms with van der Waals surface area (Å²) in [5.41, 5.74) is 2.06. The summed E-state index contributed by atoms with van der Waals surface area (Å²) in [6.07, 6.45) is 1.53. The van der Waals surface area contributed by atoms with Crippen molar-refractivity contribution in [3.8, 4) is 0 Å². The number of aromatic nitrogens is 2. The number of rotatable bonds is 6. The first kappa shape index (κ1) is 15.9. The summed E-state index contributed by atoms with van der Waals surface area (Å²) in [6.45, 7) is 0.554. The molecule has 7 heteroatoms. The molecule has 3 aromatic rings. The Kier molecular flexibility index (Phi) is 4.41. The molecule has 1 N–H and O–H groups in total. The van der Waals surface area contributed by atoms with E-state index in [0.717, 1.165) is 35.8 Å². The fourth-order valence-corrected chi connectivity index (χ4v) is 2.65. The van der Waals surface area contributed by atoms with Crippen molar-refractivity contribution in [2.75, 3.05) is 11.9 Å². The number of halogens is 1. The van der Waals surface area contributed by atoms with Crippen molar-refractivity contribution in [2.24, 2.45) is 7.05 Å². The fourth-order valence-electron chi connectivity index (χ4n) is 2.65. The van der Waals surface area contributed by atoms with Crippen LogP contribution < -0.4 is 5.32 Å². The molecule has 0 spiro atoms.